The van der Waals surface area contributed by atoms with Crippen molar-refractivity contribution in [1.29, 1.82) is 0 Å². The van der Waals surface area contributed by atoms with Crippen molar-refractivity contribution in [2.45, 2.75) is 52.0 Å². The lowest BCUT2D eigenvalue weighted by atomic mass is 10.0. The van der Waals surface area contributed by atoms with Crippen LogP contribution in [0.3, 0.4) is 0 Å². The van der Waals surface area contributed by atoms with Crippen molar-refractivity contribution in [3.63, 3.8) is 0 Å². The molecular formula is C10H19N. The second kappa shape index (κ2) is 3.91. The Bertz CT molecular complexity index is 158. The summed E-state index contributed by atoms with van der Waals surface area (Å²) in [6, 6.07) is 0.455. The number of hydrogen-bond donors (Lipinski definition) is 1. The predicted molar refractivity (Wildman–Crippen MR) is 49.4 cm³/mol. The van der Waals surface area contributed by atoms with E-state index in [2.05, 4.69) is 13.8 Å². The maximum absolute atomic E-state index is 5.82. The average molecular weight is 153 g/mol. The molecule has 0 spiro atoms. The molecule has 0 saturated heterocycles. The zero-order valence-corrected chi connectivity index (χ0v) is 7.69. The Kier molecular flexibility index (Phi) is 3.13. The van der Waals surface area contributed by atoms with E-state index in [9.17, 15) is 0 Å². The third kappa shape index (κ3) is 2.33. The summed E-state index contributed by atoms with van der Waals surface area (Å²) >= 11 is 0. The van der Waals surface area contributed by atoms with Crippen LogP contribution in [-0.4, -0.2) is 6.04 Å². The summed E-state index contributed by atoms with van der Waals surface area (Å²) in [7, 11) is 0. The van der Waals surface area contributed by atoms with Gasteiger partial charge in [-0.05, 0) is 32.6 Å². The summed E-state index contributed by atoms with van der Waals surface area (Å²) < 4.78 is 0. The molecule has 11 heavy (non-hydrogen) atoms. The lowest BCUT2D eigenvalue weighted by molar-refractivity contribution is 0.710. The fraction of sp³-hybridized carbons (Fsp3) is 0.800. The lowest BCUT2D eigenvalue weighted by Crippen LogP contribution is -2.13. The smallest absolute Gasteiger partial charge is 0.00792 e. The minimum Gasteiger partial charge on any atom is -0.327 e. The molecule has 1 nitrogen and oxygen atoms in total. The number of hydrogen-bond acceptors (Lipinski definition) is 1. The monoisotopic (exact) mass is 153 g/mol. The lowest BCUT2D eigenvalue weighted by Gasteiger charge is -2.03. The molecule has 1 atom stereocenters. The van der Waals surface area contributed by atoms with Gasteiger partial charge >= 0.3 is 0 Å². The molecule has 0 aromatic rings. The summed E-state index contributed by atoms with van der Waals surface area (Å²) in [5.41, 5.74) is 9.06. The Morgan fingerprint density at radius 2 is 2.36 bits per heavy atom. The number of nitrogens with two attached hydrogens (primary N) is 1. The van der Waals surface area contributed by atoms with Crippen LogP contribution in [0.25, 0.3) is 0 Å². The summed E-state index contributed by atoms with van der Waals surface area (Å²) in [6.45, 7) is 4.50. The minimum atomic E-state index is 0.455. The second-order valence-electron chi connectivity index (χ2n) is 3.64. The summed E-state index contributed by atoms with van der Waals surface area (Å²) in [5.74, 6) is 0. The van der Waals surface area contributed by atoms with Gasteiger partial charge in [0, 0.05) is 6.04 Å². The van der Waals surface area contributed by atoms with E-state index >= 15 is 0 Å². The summed E-state index contributed by atoms with van der Waals surface area (Å²) in [5, 5.41) is 0. The first-order valence-corrected chi connectivity index (χ1v) is 4.67. The van der Waals surface area contributed by atoms with Crippen LogP contribution in [0, 0.1) is 0 Å². The third-order valence-corrected chi connectivity index (χ3v) is 2.55. The normalized spacial score (nSPS) is 29.2. The van der Waals surface area contributed by atoms with Gasteiger partial charge in [0.2, 0.25) is 0 Å². The maximum Gasteiger partial charge on any atom is 0.00792 e. The van der Waals surface area contributed by atoms with E-state index in [1.165, 1.54) is 25.7 Å². The van der Waals surface area contributed by atoms with Crippen molar-refractivity contribution in [2.75, 3.05) is 0 Å². The van der Waals surface area contributed by atoms with Crippen LogP contribution in [-0.2, 0) is 0 Å². The summed E-state index contributed by atoms with van der Waals surface area (Å²) in [4.78, 5) is 0. The minimum absolute atomic E-state index is 0.455. The Hall–Kier alpha value is -0.300. The van der Waals surface area contributed by atoms with Gasteiger partial charge < -0.3 is 5.73 Å². The molecule has 0 aliphatic heterocycles. The van der Waals surface area contributed by atoms with E-state index < -0.39 is 0 Å². The van der Waals surface area contributed by atoms with Gasteiger partial charge in [-0.1, -0.05) is 24.5 Å². The van der Waals surface area contributed by atoms with E-state index in [4.69, 9.17) is 5.73 Å². The molecule has 1 saturated carbocycles. The van der Waals surface area contributed by atoms with Gasteiger partial charge in [0.1, 0.15) is 0 Å². The zero-order valence-electron chi connectivity index (χ0n) is 7.69. The Balaban J connectivity index is 2.51. The SMILES string of the molecule is CCC/C(C)=C1/CCC(N)C1. The number of allylic oxidation sites excluding steroid dienone is 1. The van der Waals surface area contributed by atoms with Gasteiger partial charge in [0.25, 0.3) is 0 Å². The molecule has 1 aliphatic carbocycles. The molecule has 1 heteroatoms. The van der Waals surface area contributed by atoms with E-state index in [-0.39, 0.29) is 0 Å². The predicted octanol–water partition coefficient (Wildman–Crippen LogP) is 2.61. The molecule has 1 unspecified atom stereocenters. The maximum atomic E-state index is 5.82. The molecule has 1 rings (SSSR count). The average Bonchev–Trinajstić information content (AvgIpc) is 2.36. The van der Waals surface area contributed by atoms with Crippen LogP contribution in [0.15, 0.2) is 11.1 Å². The standard InChI is InChI=1S/C10H19N/c1-3-4-8(2)9-5-6-10(11)7-9/h10H,3-7,11H2,1-2H3/b9-8-. The van der Waals surface area contributed by atoms with Gasteiger partial charge in [0.05, 0.1) is 0 Å². The first-order chi connectivity index (χ1) is 5.24. The van der Waals surface area contributed by atoms with Crippen molar-refractivity contribution in [1.82, 2.24) is 0 Å². The highest BCUT2D eigenvalue weighted by Crippen LogP contribution is 2.27. The van der Waals surface area contributed by atoms with Crippen molar-refractivity contribution < 1.29 is 0 Å². The second-order valence-corrected chi connectivity index (χ2v) is 3.64. The van der Waals surface area contributed by atoms with Crippen LogP contribution in [0.5, 0.6) is 0 Å². The first kappa shape index (κ1) is 8.79. The molecule has 2 N–H and O–H groups in total. The van der Waals surface area contributed by atoms with E-state index in [1.54, 1.807) is 11.1 Å². The van der Waals surface area contributed by atoms with Crippen molar-refractivity contribution >= 4 is 0 Å². The van der Waals surface area contributed by atoms with Gasteiger partial charge in [-0.15, -0.1) is 0 Å². The fourth-order valence-electron chi connectivity index (χ4n) is 1.82. The van der Waals surface area contributed by atoms with Crippen LogP contribution in [0.2, 0.25) is 0 Å². The Labute approximate surface area is 69.7 Å². The fourth-order valence-corrected chi connectivity index (χ4v) is 1.82. The van der Waals surface area contributed by atoms with Crippen LogP contribution in [0.1, 0.15) is 46.0 Å². The van der Waals surface area contributed by atoms with Gasteiger partial charge in [0.15, 0.2) is 0 Å². The topological polar surface area (TPSA) is 26.0 Å². The highest BCUT2D eigenvalue weighted by atomic mass is 14.6. The molecule has 0 bridgehead atoms. The molecule has 64 valence electrons. The zero-order chi connectivity index (χ0) is 8.27. The molecular weight excluding hydrogens is 134 g/mol. The Morgan fingerprint density at radius 3 is 2.82 bits per heavy atom. The highest BCUT2D eigenvalue weighted by molar-refractivity contribution is 5.17. The third-order valence-electron chi connectivity index (χ3n) is 2.55. The van der Waals surface area contributed by atoms with Crippen LogP contribution >= 0.6 is 0 Å². The molecule has 1 fully saturated rings. The first-order valence-electron chi connectivity index (χ1n) is 4.67. The number of rotatable bonds is 2. The van der Waals surface area contributed by atoms with Crippen molar-refractivity contribution in [2.24, 2.45) is 5.73 Å². The van der Waals surface area contributed by atoms with Crippen molar-refractivity contribution in [3.8, 4) is 0 Å². The van der Waals surface area contributed by atoms with Crippen molar-refractivity contribution in [3.05, 3.63) is 11.1 Å². The molecule has 0 heterocycles. The molecule has 0 aromatic heterocycles. The molecule has 1 aliphatic rings. The van der Waals surface area contributed by atoms with Gasteiger partial charge in [-0.2, -0.15) is 0 Å². The molecule has 0 radical (unpaired) electrons. The van der Waals surface area contributed by atoms with E-state index in [1.807, 2.05) is 0 Å². The largest absolute Gasteiger partial charge is 0.327 e. The highest BCUT2D eigenvalue weighted by Gasteiger charge is 2.16. The van der Waals surface area contributed by atoms with Crippen LogP contribution in [0.4, 0.5) is 0 Å². The molecule has 0 aromatic carbocycles. The van der Waals surface area contributed by atoms with Crippen LogP contribution < -0.4 is 5.73 Å². The Morgan fingerprint density at radius 1 is 1.64 bits per heavy atom. The van der Waals surface area contributed by atoms with E-state index in [0.29, 0.717) is 6.04 Å². The van der Waals surface area contributed by atoms with Gasteiger partial charge in [-0.25, -0.2) is 0 Å². The van der Waals surface area contributed by atoms with E-state index in [0.717, 1.165) is 6.42 Å². The quantitative estimate of drug-likeness (QED) is 0.606. The van der Waals surface area contributed by atoms with Gasteiger partial charge in [-0.3, -0.25) is 0 Å². The summed E-state index contributed by atoms with van der Waals surface area (Å²) in [6.07, 6.45) is 6.15. The molecule has 0 amide bonds.